The average Bonchev–Trinajstić information content (AvgIpc) is 3.35. The first-order valence-electron chi connectivity index (χ1n) is 9.89. The first-order chi connectivity index (χ1) is 13.2. The smallest absolute Gasteiger partial charge is 0.193 e. The number of benzene rings is 1. The van der Waals surface area contributed by atoms with Crippen molar-refractivity contribution in [3.05, 3.63) is 42.4 Å². The summed E-state index contributed by atoms with van der Waals surface area (Å²) in [4.78, 5) is 17.0. The fourth-order valence-corrected chi connectivity index (χ4v) is 3.63. The lowest BCUT2D eigenvalue weighted by Gasteiger charge is -2.24. The summed E-state index contributed by atoms with van der Waals surface area (Å²) in [5.74, 6) is 2.44. The molecule has 1 saturated heterocycles. The Bertz CT molecular complexity index is 724. The number of hydrogen-bond acceptors (Lipinski definition) is 3. The quantitative estimate of drug-likeness (QED) is 0.351. The number of imidazole rings is 1. The van der Waals surface area contributed by atoms with E-state index < -0.39 is 0 Å². The van der Waals surface area contributed by atoms with Crippen molar-refractivity contribution < 1.29 is 0 Å². The van der Waals surface area contributed by atoms with Crippen LogP contribution in [-0.4, -0.2) is 66.0 Å². The van der Waals surface area contributed by atoms with Crippen LogP contribution in [-0.2, 0) is 6.54 Å². The molecule has 1 aromatic heterocycles. The maximum atomic E-state index is 4.53. The molecule has 28 heavy (non-hydrogen) atoms. The first-order valence-corrected chi connectivity index (χ1v) is 9.89. The Morgan fingerprint density at radius 2 is 2.00 bits per heavy atom. The summed E-state index contributed by atoms with van der Waals surface area (Å²) >= 11 is 0. The topological polar surface area (TPSA) is 59.6 Å². The van der Waals surface area contributed by atoms with Crippen LogP contribution in [0.5, 0.6) is 0 Å². The molecule has 1 atom stereocenters. The summed E-state index contributed by atoms with van der Waals surface area (Å²) in [6, 6.07) is 10.3. The van der Waals surface area contributed by atoms with Gasteiger partial charge in [-0.05, 0) is 37.4 Å². The fourth-order valence-electron chi connectivity index (χ4n) is 3.63. The van der Waals surface area contributed by atoms with Gasteiger partial charge in [-0.15, -0.1) is 24.0 Å². The molecule has 0 aliphatic carbocycles. The Morgan fingerprint density at radius 1 is 1.29 bits per heavy atom. The number of H-pyrrole nitrogens is 1. The summed E-state index contributed by atoms with van der Waals surface area (Å²) < 4.78 is 0. The van der Waals surface area contributed by atoms with Crippen LogP contribution in [0, 0.1) is 5.92 Å². The first kappa shape index (κ1) is 22.7. The molecule has 0 bridgehead atoms. The van der Waals surface area contributed by atoms with E-state index in [1.54, 1.807) is 0 Å². The third-order valence-electron chi connectivity index (χ3n) is 5.05. The second-order valence-corrected chi connectivity index (χ2v) is 7.51. The van der Waals surface area contributed by atoms with Crippen molar-refractivity contribution in [2.75, 3.05) is 40.3 Å². The van der Waals surface area contributed by atoms with Gasteiger partial charge in [-0.25, -0.2) is 4.98 Å². The van der Waals surface area contributed by atoms with E-state index in [1.807, 2.05) is 38.5 Å². The lowest BCUT2D eigenvalue weighted by Crippen LogP contribution is -2.42. The number of hydrogen-bond donors (Lipinski definition) is 2. The van der Waals surface area contributed by atoms with Crippen LogP contribution < -0.4 is 5.32 Å². The number of nitrogens with zero attached hydrogens (tertiary/aromatic N) is 4. The molecule has 1 aliphatic heterocycles. The van der Waals surface area contributed by atoms with Crippen molar-refractivity contribution in [1.29, 1.82) is 0 Å². The minimum atomic E-state index is 0. The molecule has 1 unspecified atom stereocenters. The highest BCUT2D eigenvalue weighted by Crippen LogP contribution is 2.16. The zero-order valence-corrected chi connectivity index (χ0v) is 19.5. The summed E-state index contributed by atoms with van der Waals surface area (Å²) in [6.07, 6.45) is 4.59. The number of nitrogens with one attached hydrogen (secondary N) is 2. The van der Waals surface area contributed by atoms with Gasteiger partial charge in [-0.1, -0.05) is 37.3 Å². The zero-order chi connectivity index (χ0) is 19.1. The molecule has 0 saturated carbocycles. The van der Waals surface area contributed by atoms with Gasteiger partial charge in [-0.3, -0.25) is 4.99 Å². The second kappa shape index (κ2) is 11.4. The van der Waals surface area contributed by atoms with Gasteiger partial charge in [0.1, 0.15) is 5.82 Å². The van der Waals surface area contributed by atoms with Crippen molar-refractivity contribution in [2.24, 2.45) is 10.9 Å². The maximum absolute atomic E-state index is 4.53. The van der Waals surface area contributed by atoms with Gasteiger partial charge in [0.15, 0.2) is 5.96 Å². The van der Waals surface area contributed by atoms with E-state index >= 15 is 0 Å². The molecule has 0 spiro atoms. The normalized spacial score (nSPS) is 15.9. The van der Waals surface area contributed by atoms with Gasteiger partial charge in [-0.2, -0.15) is 0 Å². The Balaban J connectivity index is 0.00000280. The monoisotopic (exact) mass is 496 g/mol. The molecule has 1 aromatic carbocycles. The van der Waals surface area contributed by atoms with Gasteiger partial charge >= 0.3 is 0 Å². The third-order valence-corrected chi connectivity index (χ3v) is 5.05. The molecule has 0 amide bonds. The molecule has 1 aliphatic rings. The molecule has 154 valence electrons. The summed E-state index contributed by atoms with van der Waals surface area (Å²) in [5.41, 5.74) is 2.19. The van der Waals surface area contributed by atoms with Crippen LogP contribution in [0.25, 0.3) is 11.3 Å². The number of aromatic amines is 1. The highest BCUT2D eigenvalue weighted by atomic mass is 127. The van der Waals surface area contributed by atoms with Gasteiger partial charge in [0.2, 0.25) is 0 Å². The Hall–Kier alpha value is -1.61. The van der Waals surface area contributed by atoms with Crippen molar-refractivity contribution in [3.8, 4) is 11.3 Å². The highest BCUT2D eigenvalue weighted by molar-refractivity contribution is 14.0. The van der Waals surface area contributed by atoms with E-state index in [0.717, 1.165) is 36.1 Å². The van der Waals surface area contributed by atoms with Crippen LogP contribution in [0.2, 0.25) is 0 Å². The molecule has 2 aromatic rings. The van der Waals surface area contributed by atoms with Crippen molar-refractivity contribution in [1.82, 2.24) is 25.1 Å². The number of aromatic nitrogens is 2. The summed E-state index contributed by atoms with van der Waals surface area (Å²) in [6.45, 7) is 7.58. The molecule has 3 rings (SSSR count). The van der Waals surface area contributed by atoms with E-state index in [-0.39, 0.29) is 24.0 Å². The summed E-state index contributed by atoms with van der Waals surface area (Å²) in [5, 5.41) is 3.51. The lowest BCUT2D eigenvalue weighted by atomic mass is 10.1. The van der Waals surface area contributed by atoms with E-state index in [4.69, 9.17) is 0 Å². The standard InChI is InChI=1S/C21H32N6.HI/c1-17(15-27-11-7-8-12-27)13-24-21(22-2)26(3)16-20-23-14-19(25-20)18-9-5-4-6-10-18;/h4-6,9-10,14,17H,7-8,11-13,15-16H2,1-3H3,(H,22,24)(H,23,25);1H. The van der Waals surface area contributed by atoms with Crippen molar-refractivity contribution in [2.45, 2.75) is 26.3 Å². The molecule has 0 radical (unpaired) electrons. The SMILES string of the molecule is CN=C(NCC(C)CN1CCCC1)N(C)Cc1ncc(-c2ccccc2)[nH]1.I. The van der Waals surface area contributed by atoms with Crippen LogP contribution in [0.3, 0.4) is 0 Å². The number of guanidine groups is 1. The molecular weight excluding hydrogens is 463 g/mol. The van der Waals surface area contributed by atoms with E-state index in [9.17, 15) is 0 Å². The van der Waals surface area contributed by atoms with Gasteiger partial charge in [0, 0.05) is 27.2 Å². The third kappa shape index (κ3) is 6.48. The lowest BCUT2D eigenvalue weighted by molar-refractivity contribution is 0.286. The maximum Gasteiger partial charge on any atom is 0.193 e. The highest BCUT2D eigenvalue weighted by Gasteiger charge is 2.16. The Morgan fingerprint density at radius 3 is 2.68 bits per heavy atom. The Labute approximate surface area is 185 Å². The molecule has 6 nitrogen and oxygen atoms in total. The number of aliphatic imine (C=N–C) groups is 1. The predicted molar refractivity (Wildman–Crippen MR) is 127 cm³/mol. The summed E-state index contributed by atoms with van der Waals surface area (Å²) in [7, 11) is 3.88. The van der Waals surface area contributed by atoms with Gasteiger partial charge in [0.25, 0.3) is 0 Å². The number of halogens is 1. The van der Waals surface area contributed by atoms with Crippen LogP contribution in [0.4, 0.5) is 0 Å². The molecular formula is C21H33IN6. The minimum Gasteiger partial charge on any atom is -0.356 e. The number of rotatable bonds is 7. The molecule has 1 fully saturated rings. The minimum absolute atomic E-state index is 0. The van der Waals surface area contributed by atoms with Crippen molar-refractivity contribution in [3.63, 3.8) is 0 Å². The molecule has 7 heteroatoms. The van der Waals surface area contributed by atoms with Crippen molar-refractivity contribution >= 4 is 29.9 Å². The average molecular weight is 496 g/mol. The van der Waals surface area contributed by atoms with E-state index in [1.165, 1.54) is 25.9 Å². The van der Waals surface area contributed by atoms with Crippen LogP contribution >= 0.6 is 24.0 Å². The molecule has 2 heterocycles. The van der Waals surface area contributed by atoms with E-state index in [2.05, 4.69) is 49.1 Å². The molecule has 2 N–H and O–H groups in total. The van der Waals surface area contributed by atoms with Crippen LogP contribution in [0.15, 0.2) is 41.5 Å². The Kier molecular flexibility index (Phi) is 9.24. The predicted octanol–water partition coefficient (Wildman–Crippen LogP) is 3.43. The largest absolute Gasteiger partial charge is 0.356 e. The number of likely N-dealkylation sites (tertiary alicyclic amines) is 1. The second-order valence-electron chi connectivity index (χ2n) is 7.51. The van der Waals surface area contributed by atoms with Gasteiger partial charge in [0.05, 0.1) is 18.4 Å². The fraction of sp³-hybridized carbons (Fsp3) is 0.524. The van der Waals surface area contributed by atoms with Crippen LogP contribution in [0.1, 0.15) is 25.6 Å². The zero-order valence-electron chi connectivity index (χ0n) is 17.2. The van der Waals surface area contributed by atoms with Gasteiger partial charge < -0.3 is 20.1 Å². The van der Waals surface area contributed by atoms with E-state index in [0.29, 0.717) is 12.5 Å².